The molecule has 5 aliphatic rings. The van der Waals surface area contributed by atoms with Crippen LogP contribution in [0.15, 0.2) is 23.7 Å². The van der Waals surface area contributed by atoms with Crippen molar-refractivity contribution in [3.63, 3.8) is 0 Å². The Bertz CT molecular complexity index is 1240. The van der Waals surface area contributed by atoms with Crippen LogP contribution >= 0.6 is 0 Å². The highest BCUT2D eigenvalue weighted by atomic mass is 16.3. The van der Waals surface area contributed by atoms with E-state index in [9.17, 15) is 10.2 Å². The number of rotatable bonds is 4. The van der Waals surface area contributed by atoms with Crippen molar-refractivity contribution in [1.82, 2.24) is 0 Å². The van der Waals surface area contributed by atoms with Gasteiger partial charge >= 0.3 is 0 Å². The molecule has 0 aromatic heterocycles. The largest absolute Gasteiger partial charge is 0.506 e. The zero-order valence-electron chi connectivity index (χ0n) is 21.4. The maximum absolute atomic E-state index is 11.5. The van der Waals surface area contributed by atoms with E-state index in [1.54, 1.807) is 0 Å². The third-order valence-electron chi connectivity index (χ3n) is 9.04. The van der Waals surface area contributed by atoms with Crippen molar-refractivity contribution in [2.45, 2.75) is 51.4 Å². The van der Waals surface area contributed by atoms with Gasteiger partial charge in [-0.25, -0.2) is 0 Å². The lowest BCUT2D eigenvalue weighted by Gasteiger charge is -2.40. The molecule has 1 aliphatic carbocycles. The van der Waals surface area contributed by atoms with E-state index >= 15 is 0 Å². The van der Waals surface area contributed by atoms with Crippen LogP contribution in [0.2, 0.25) is 0 Å². The maximum Gasteiger partial charge on any atom is 0.138 e. The molecule has 6 nitrogen and oxygen atoms in total. The Morgan fingerprint density at radius 2 is 1.00 bits per heavy atom. The molecule has 0 fully saturated rings. The molecule has 0 unspecified atom stereocenters. The molecular weight excluding hydrogens is 448 g/mol. The van der Waals surface area contributed by atoms with E-state index in [-0.39, 0.29) is 11.5 Å². The van der Waals surface area contributed by atoms with Gasteiger partial charge in [-0.3, -0.25) is 0 Å². The first-order chi connectivity index (χ1) is 17.6. The normalized spacial score (nSPS) is 20.2. The second-order valence-electron chi connectivity index (χ2n) is 10.9. The van der Waals surface area contributed by atoms with E-state index in [0.717, 1.165) is 100 Å². The third kappa shape index (κ3) is 2.90. The van der Waals surface area contributed by atoms with E-state index in [2.05, 4.69) is 32.6 Å². The molecular formula is C30H36N4O2. The number of allylic oxidation sites excluding steroid dienone is 2. The van der Waals surface area contributed by atoms with Crippen LogP contribution in [0.5, 0.6) is 0 Å². The van der Waals surface area contributed by atoms with Crippen LogP contribution < -0.4 is 20.4 Å². The molecule has 2 aromatic carbocycles. The highest BCUT2D eigenvalue weighted by Gasteiger charge is 2.38. The van der Waals surface area contributed by atoms with Gasteiger partial charge in [0.25, 0.3) is 0 Å². The SMILES string of the molecule is CNc1c(C2=C(O)C(c3cc4c5c(c3NC)CCCN5CCC4)=C2O)cc2c3c1CCCN3CCC2. The molecule has 0 saturated carbocycles. The summed E-state index contributed by atoms with van der Waals surface area (Å²) in [7, 11) is 3.92. The van der Waals surface area contributed by atoms with Gasteiger partial charge in [-0.05, 0) is 85.8 Å². The number of anilines is 4. The first kappa shape index (κ1) is 22.0. The van der Waals surface area contributed by atoms with Crippen molar-refractivity contribution in [3.05, 3.63) is 57.0 Å². The van der Waals surface area contributed by atoms with Crippen molar-refractivity contribution in [2.75, 3.05) is 60.7 Å². The highest BCUT2D eigenvalue weighted by molar-refractivity contribution is 6.11. The fourth-order valence-electron chi connectivity index (χ4n) is 7.61. The average molecular weight is 485 g/mol. The molecule has 0 bridgehead atoms. The van der Waals surface area contributed by atoms with Gasteiger partial charge in [0, 0.05) is 74.2 Å². The predicted octanol–water partition coefficient (Wildman–Crippen LogP) is 5.42. The van der Waals surface area contributed by atoms with Gasteiger partial charge in [-0.15, -0.1) is 0 Å². The summed E-state index contributed by atoms with van der Waals surface area (Å²) in [4.78, 5) is 5.05. The fourth-order valence-corrected chi connectivity index (χ4v) is 7.61. The van der Waals surface area contributed by atoms with Gasteiger partial charge in [0.1, 0.15) is 11.5 Å². The van der Waals surface area contributed by atoms with Crippen molar-refractivity contribution in [3.8, 4) is 0 Å². The number of nitrogens with one attached hydrogen (secondary N) is 2. The molecule has 0 spiro atoms. The first-order valence-corrected chi connectivity index (χ1v) is 13.7. The van der Waals surface area contributed by atoms with E-state index in [4.69, 9.17) is 0 Å². The van der Waals surface area contributed by atoms with Crippen molar-refractivity contribution in [2.24, 2.45) is 0 Å². The minimum Gasteiger partial charge on any atom is -0.506 e. The minimum atomic E-state index is 0.215. The minimum absolute atomic E-state index is 0.215. The molecule has 2 aromatic rings. The number of aliphatic hydroxyl groups is 2. The van der Waals surface area contributed by atoms with Crippen LogP contribution in [0.1, 0.15) is 59.1 Å². The van der Waals surface area contributed by atoms with E-state index < -0.39 is 0 Å². The topological polar surface area (TPSA) is 71.0 Å². The van der Waals surface area contributed by atoms with Crippen molar-refractivity contribution < 1.29 is 10.2 Å². The fraction of sp³-hybridized carbons (Fsp3) is 0.467. The van der Waals surface area contributed by atoms with Crippen LogP contribution in [0, 0.1) is 0 Å². The molecule has 0 saturated heterocycles. The summed E-state index contributed by atoms with van der Waals surface area (Å²) in [6.07, 6.45) is 8.76. The third-order valence-corrected chi connectivity index (χ3v) is 9.04. The van der Waals surface area contributed by atoms with Gasteiger partial charge in [-0.1, -0.05) is 0 Å². The summed E-state index contributed by atoms with van der Waals surface area (Å²) in [5.41, 5.74) is 13.3. The monoisotopic (exact) mass is 484 g/mol. The van der Waals surface area contributed by atoms with E-state index in [1.807, 2.05) is 14.1 Å². The predicted molar refractivity (Wildman–Crippen MR) is 149 cm³/mol. The summed E-state index contributed by atoms with van der Waals surface area (Å²) >= 11 is 0. The molecule has 6 heteroatoms. The second-order valence-corrected chi connectivity index (χ2v) is 10.9. The standard InChI is InChI=1S/C30H36N4O2/c1-31-25-19-9-5-13-33-11-3-7-17(27(19)33)15-21(25)23-29(35)24(30(23)36)22-16-18-8-4-12-34-14-6-10-20(28(18)34)26(22)32-2/h15-16,31-32,35-36H,3-14H2,1-2H3. The molecule has 7 rings (SSSR count). The quantitative estimate of drug-likeness (QED) is 0.465. The van der Waals surface area contributed by atoms with Gasteiger partial charge in [-0.2, -0.15) is 0 Å². The lowest BCUT2D eigenvalue weighted by atomic mass is 9.78. The van der Waals surface area contributed by atoms with Crippen molar-refractivity contribution >= 4 is 33.9 Å². The van der Waals surface area contributed by atoms with Gasteiger partial charge in [0.05, 0.1) is 11.1 Å². The molecule has 0 atom stereocenters. The smallest absolute Gasteiger partial charge is 0.138 e. The number of aliphatic hydroxyl groups excluding tert-OH is 2. The zero-order chi connectivity index (χ0) is 24.6. The number of hydrogen-bond donors (Lipinski definition) is 4. The Morgan fingerprint density at radius 1 is 0.611 bits per heavy atom. The number of hydrogen-bond acceptors (Lipinski definition) is 6. The summed E-state index contributed by atoms with van der Waals surface area (Å²) in [6.45, 7) is 4.49. The molecule has 4 aliphatic heterocycles. The van der Waals surface area contributed by atoms with Crippen LogP contribution in [-0.4, -0.2) is 50.5 Å². The zero-order valence-corrected chi connectivity index (χ0v) is 21.4. The maximum atomic E-state index is 11.5. The highest BCUT2D eigenvalue weighted by Crippen LogP contribution is 2.53. The number of benzene rings is 2. The molecule has 36 heavy (non-hydrogen) atoms. The molecule has 4 N–H and O–H groups in total. The van der Waals surface area contributed by atoms with E-state index in [1.165, 1.54) is 33.6 Å². The Labute approximate surface area is 213 Å². The van der Waals surface area contributed by atoms with Crippen LogP contribution in [-0.2, 0) is 25.7 Å². The molecule has 188 valence electrons. The molecule has 4 heterocycles. The van der Waals surface area contributed by atoms with E-state index in [0.29, 0.717) is 11.1 Å². The summed E-state index contributed by atoms with van der Waals surface area (Å²) in [5, 5.41) is 29.9. The van der Waals surface area contributed by atoms with Crippen LogP contribution in [0.4, 0.5) is 22.7 Å². The first-order valence-electron chi connectivity index (χ1n) is 13.7. The summed E-state index contributed by atoms with van der Waals surface area (Å²) in [5.74, 6) is 0.429. The Kier molecular flexibility index (Phi) is 4.95. The average Bonchev–Trinajstić information content (AvgIpc) is 2.90. The van der Waals surface area contributed by atoms with Crippen LogP contribution in [0.3, 0.4) is 0 Å². The Morgan fingerprint density at radius 3 is 1.39 bits per heavy atom. The van der Waals surface area contributed by atoms with Gasteiger partial charge in [0.15, 0.2) is 0 Å². The Balaban J connectivity index is 1.37. The van der Waals surface area contributed by atoms with Gasteiger partial charge < -0.3 is 30.6 Å². The lowest BCUT2D eigenvalue weighted by Crippen LogP contribution is -2.35. The number of aryl methyl sites for hydroxylation is 2. The van der Waals surface area contributed by atoms with Crippen molar-refractivity contribution in [1.29, 1.82) is 0 Å². The lowest BCUT2D eigenvalue weighted by molar-refractivity contribution is 0.390. The second kappa shape index (κ2) is 8.12. The molecule has 0 amide bonds. The van der Waals surface area contributed by atoms with Gasteiger partial charge in [0.2, 0.25) is 0 Å². The molecule has 0 radical (unpaired) electrons. The summed E-state index contributed by atoms with van der Waals surface area (Å²) < 4.78 is 0. The Hall–Kier alpha value is -3.28. The number of nitrogens with zero attached hydrogens (tertiary/aromatic N) is 2. The van der Waals surface area contributed by atoms with Crippen LogP contribution in [0.25, 0.3) is 11.1 Å². The summed E-state index contributed by atoms with van der Waals surface area (Å²) in [6, 6.07) is 4.43.